The third-order valence-electron chi connectivity index (χ3n) is 4.48. The number of hydrogen-bond donors (Lipinski definition) is 2. The van der Waals surface area contributed by atoms with Gasteiger partial charge in [-0.3, -0.25) is 14.6 Å². The fraction of sp³-hybridized carbons (Fsp3) is 0.278. The van der Waals surface area contributed by atoms with Crippen LogP contribution in [0.4, 0.5) is 4.39 Å². The van der Waals surface area contributed by atoms with Crippen molar-refractivity contribution in [2.75, 3.05) is 0 Å². The van der Waals surface area contributed by atoms with E-state index in [1.54, 1.807) is 29.1 Å². The van der Waals surface area contributed by atoms with Gasteiger partial charge in [0.05, 0.1) is 25.0 Å². The molecule has 1 aliphatic heterocycles. The molecule has 0 bridgehead atoms. The highest BCUT2D eigenvalue weighted by Gasteiger charge is 2.24. The number of nitrogens with one attached hydrogen (secondary N) is 2. The normalized spacial score (nSPS) is 16.3. The Hall–Kier alpha value is -3.00. The van der Waals surface area contributed by atoms with Gasteiger partial charge in [-0.2, -0.15) is 10.2 Å². The van der Waals surface area contributed by atoms with Crippen LogP contribution in [0, 0.1) is 12.7 Å². The summed E-state index contributed by atoms with van der Waals surface area (Å²) in [5.41, 5.74) is 3.93. The van der Waals surface area contributed by atoms with Crippen LogP contribution in [0.2, 0.25) is 0 Å². The third-order valence-corrected chi connectivity index (χ3v) is 4.48. The first-order chi connectivity index (χ1) is 12.6. The monoisotopic (exact) mass is 355 g/mol. The maximum atomic E-state index is 13.1. The van der Waals surface area contributed by atoms with Crippen LogP contribution in [-0.2, 0) is 24.4 Å². The number of benzene rings is 1. The van der Waals surface area contributed by atoms with Crippen LogP contribution in [0.25, 0.3) is 0 Å². The number of hydrogen-bond acceptors (Lipinski definition) is 4. The lowest BCUT2D eigenvalue weighted by molar-refractivity contribution is -0.00123. The molecule has 3 aromatic rings. The van der Waals surface area contributed by atoms with Crippen molar-refractivity contribution < 1.29 is 13.9 Å². The van der Waals surface area contributed by atoms with Gasteiger partial charge < -0.3 is 10.1 Å². The van der Waals surface area contributed by atoms with Gasteiger partial charge in [-0.15, -0.1) is 0 Å². The minimum atomic E-state index is -0.281. The molecule has 0 fully saturated rings. The zero-order valence-electron chi connectivity index (χ0n) is 14.2. The minimum Gasteiger partial charge on any atom is -0.365 e. The second-order valence-electron chi connectivity index (χ2n) is 6.26. The zero-order valence-corrected chi connectivity index (χ0v) is 14.2. The maximum absolute atomic E-state index is 13.1. The van der Waals surface area contributed by atoms with Crippen molar-refractivity contribution in [3.63, 3.8) is 0 Å². The number of fused-ring (bicyclic) bond motifs is 1. The van der Waals surface area contributed by atoms with E-state index in [1.807, 2.05) is 6.92 Å². The number of H-pyrrole nitrogens is 1. The molecule has 26 heavy (non-hydrogen) atoms. The molecule has 0 radical (unpaired) electrons. The average molecular weight is 355 g/mol. The SMILES string of the molecule is Cc1[nH]ncc1CNC(=O)c1cc2n(n1)CC(c1ccc(F)cc1)OC2. The molecule has 3 heterocycles. The average Bonchev–Trinajstić information content (AvgIpc) is 3.25. The molecule has 4 rings (SSSR count). The molecule has 7 nitrogen and oxygen atoms in total. The number of rotatable bonds is 4. The molecule has 1 aromatic carbocycles. The molecule has 1 atom stereocenters. The standard InChI is InChI=1S/C18H18FN5O2/c1-11-13(8-21-22-11)7-20-18(25)16-6-15-10-26-17(9-24(15)23-16)12-2-4-14(19)5-3-12/h2-6,8,17H,7,9-10H2,1H3,(H,20,25)(H,21,22). The van der Waals surface area contributed by atoms with Crippen molar-refractivity contribution >= 4 is 5.91 Å². The van der Waals surface area contributed by atoms with Crippen LogP contribution in [0.5, 0.6) is 0 Å². The Bertz CT molecular complexity index is 931. The van der Waals surface area contributed by atoms with Crippen LogP contribution >= 0.6 is 0 Å². The molecule has 0 spiro atoms. The van der Waals surface area contributed by atoms with Crippen LogP contribution in [0.3, 0.4) is 0 Å². The van der Waals surface area contributed by atoms with Gasteiger partial charge in [0.15, 0.2) is 5.69 Å². The first kappa shape index (κ1) is 16.5. The lowest BCUT2D eigenvalue weighted by Crippen LogP contribution is -2.24. The number of carbonyl (C=O) groups excluding carboxylic acids is 1. The molecule has 2 aromatic heterocycles. The van der Waals surface area contributed by atoms with E-state index in [4.69, 9.17) is 4.74 Å². The Kier molecular flexibility index (Phi) is 4.26. The molecule has 1 amide bonds. The molecule has 0 saturated carbocycles. The molecular weight excluding hydrogens is 337 g/mol. The Morgan fingerprint density at radius 1 is 1.42 bits per heavy atom. The molecule has 0 saturated heterocycles. The topological polar surface area (TPSA) is 84.8 Å². The van der Waals surface area contributed by atoms with E-state index in [2.05, 4.69) is 20.6 Å². The quantitative estimate of drug-likeness (QED) is 0.752. The van der Waals surface area contributed by atoms with Crippen LogP contribution in [-0.4, -0.2) is 25.9 Å². The smallest absolute Gasteiger partial charge is 0.272 e. The van der Waals surface area contributed by atoms with Crippen molar-refractivity contribution in [1.82, 2.24) is 25.3 Å². The predicted molar refractivity (Wildman–Crippen MR) is 90.7 cm³/mol. The minimum absolute atomic E-state index is 0.215. The van der Waals surface area contributed by atoms with Gasteiger partial charge >= 0.3 is 0 Å². The van der Waals surface area contributed by atoms with Gasteiger partial charge in [0.2, 0.25) is 0 Å². The summed E-state index contributed by atoms with van der Waals surface area (Å²) in [6.07, 6.45) is 1.47. The molecule has 0 aliphatic carbocycles. The number of halogens is 1. The number of ether oxygens (including phenoxy) is 1. The van der Waals surface area contributed by atoms with Crippen LogP contribution < -0.4 is 5.32 Å². The number of carbonyl (C=O) groups is 1. The van der Waals surface area contributed by atoms with Gasteiger partial charge in [0.1, 0.15) is 11.9 Å². The summed E-state index contributed by atoms with van der Waals surface area (Å²) >= 11 is 0. The number of amides is 1. The number of nitrogens with zero attached hydrogens (tertiary/aromatic N) is 3. The highest BCUT2D eigenvalue weighted by Crippen LogP contribution is 2.26. The van der Waals surface area contributed by atoms with Gasteiger partial charge in [0.25, 0.3) is 5.91 Å². The number of aryl methyl sites for hydroxylation is 1. The van der Waals surface area contributed by atoms with Gasteiger partial charge in [0, 0.05) is 17.8 Å². The van der Waals surface area contributed by atoms with Gasteiger partial charge in [-0.05, 0) is 30.7 Å². The Balaban J connectivity index is 1.44. The summed E-state index contributed by atoms with van der Waals surface area (Å²) in [7, 11) is 0. The predicted octanol–water partition coefficient (Wildman–Crippen LogP) is 2.26. The molecule has 1 unspecified atom stereocenters. The third kappa shape index (κ3) is 3.23. The summed E-state index contributed by atoms with van der Waals surface area (Å²) in [4.78, 5) is 12.4. The first-order valence-corrected chi connectivity index (χ1v) is 8.31. The number of aromatic nitrogens is 4. The summed E-state index contributed by atoms with van der Waals surface area (Å²) in [6, 6.07) is 7.96. The van der Waals surface area contributed by atoms with E-state index in [1.165, 1.54) is 12.1 Å². The fourth-order valence-corrected chi connectivity index (χ4v) is 2.94. The molecular formula is C18H18FN5O2. The first-order valence-electron chi connectivity index (χ1n) is 8.31. The summed E-state index contributed by atoms with van der Waals surface area (Å²) in [5.74, 6) is -0.526. The van der Waals surface area contributed by atoms with Crippen molar-refractivity contribution in [1.29, 1.82) is 0 Å². The Morgan fingerprint density at radius 2 is 2.23 bits per heavy atom. The van der Waals surface area contributed by atoms with Gasteiger partial charge in [-0.1, -0.05) is 12.1 Å². The van der Waals surface area contributed by atoms with E-state index >= 15 is 0 Å². The van der Waals surface area contributed by atoms with E-state index < -0.39 is 0 Å². The summed E-state index contributed by atoms with van der Waals surface area (Å²) in [6.45, 7) is 3.12. The van der Waals surface area contributed by atoms with Crippen molar-refractivity contribution in [3.8, 4) is 0 Å². The maximum Gasteiger partial charge on any atom is 0.272 e. The molecule has 1 aliphatic rings. The van der Waals surface area contributed by atoms with E-state index in [-0.39, 0.29) is 17.8 Å². The zero-order chi connectivity index (χ0) is 18.1. The molecule has 2 N–H and O–H groups in total. The van der Waals surface area contributed by atoms with Crippen molar-refractivity contribution in [3.05, 3.63) is 70.6 Å². The summed E-state index contributed by atoms with van der Waals surface area (Å²) < 4.78 is 20.7. The Morgan fingerprint density at radius 3 is 2.96 bits per heavy atom. The molecule has 134 valence electrons. The number of aromatic amines is 1. The molecule has 8 heteroatoms. The van der Waals surface area contributed by atoms with Crippen molar-refractivity contribution in [2.45, 2.75) is 32.7 Å². The highest BCUT2D eigenvalue weighted by molar-refractivity contribution is 5.92. The Labute approximate surface area is 149 Å². The second kappa shape index (κ2) is 6.72. The summed E-state index contributed by atoms with van der Waals surface area (Å²) in [5, 5.41) is 14.0. The van der Waals surface area contributed by atoms with E-state index in [9.17, 15) is 9.18 Å². The van der Waals surface area contributed by atoms with E-state index in [0.717, 1.165) is 22.5 Å². The van der Waals surface area contributed by atoms with E-state index in [0.29, 0.717) is 25.4 Å². The van der Waals surface area contributed by atoms with Crippen molar-refractivity contribution in [2.24, 2.45) is 0 Å². The largest absolute Gasteiger partial charge is 0.365 e. The van der Waals surface area contributed by atoms with Crippen LogP contribution in [0.1, 0.15) is 39.1 Å². The highest BCUT2D eigenvalue weighted by atomic mass is 19.1. The van der Waals surface area contributed by atoms with Gasteiger partial charge in [-0.25, -0.2) is 4.39 Å². The lowest BCUT2D eigenvalue weighted by atomic mass is 10.1. The lowest BCUT2D eigenvalue weighted by Gasteiger charge is -2.24. The second-order valence-corrected chi connectivity index (χ2v) is 6.26. The van der Waals surface area contributed by atoms with Crippen LogP contribution in [0.15, 0.2) is 36.5 Å². The fourth-order valence-electron chi connectivity index (χ4n) is 2.94.